The summed E-state index contributed by atoms with van der Waals surface area (Å²) in [6.07, 6.45) is 0.130. The lowest BCUT2D eigenvalue weighted by Crippen LogP contribution is -2.40. The lowest BCUT2D eigenvalue weighted by molar-refractivity contribution is -0.0244. The summed E-state index contributed by atoms with van der Waals surface area (Å²) < 4.78 is 10.5. The highest BCUT2D eigenvalue weighted by atomic mass is 16.6. The maximum atomic E-state index is 5.25. The highest BCUT2D eigenvalue weighted by Crippen LogP contribution is 2.21. The van der Waals surface area contributed by atoms with Gasteiger partial charge in [0, 0.05) is 7.11 Å². The van der Waals surface area contributed by atoms with Crippen molar-refractivity contribution in [2.75, 3.05) is 26.9 Å². The molecule has 2 aliphatic heterocycles. The molecule has 0 aliphatic carbocycles. The maximum Gasteiger partial charge on any atom is 0.128 e. The monoisotopic (exact) mass is 157 g/mol. The molecule has 4 nitrogen and oxygen atoms in total. The molecule has 4 heteroatoms. The van der Waals surface area contributed by atoms with E-state index in [0.717, 1.165) is 5.71 Å². The number of ether oxygens (including phenoxy) is 2. The van der Waals surface area contributed by atoms with E-state index in [1.54, 1.807) is 7.11 Å². The summed E-state index contributed by atoms with van der Waals surface area (Å²) in [6.45, 7) is 1.91. The Hall–Kier alpha value is -0.610. The minimum atomic E-state index is 0.130. The number of hydrogen-bond donors (Lipinski definition) is 0. The van der Waals surface area contributed by atoms with Crippen molar-refractivity contribution in [1.29, 1.82) is 0 Å². The minimum Gasteiger partial charge on any atom is -0.395 e. The van der Waals surface area contributed by atoms with E-state index < -0.39 is 0 Å². The number of fused-ring (bicyclic) bond motifs is 1. The topological polar surface area (TPSA) is 40.0 Å². The molecule has 62 valence electrons. The van der Waals surface area contributed by atoms with E-state index >= 15 is 0 Å². The van der Waals surface area contributed by atoms with Crippen LogP contribution in [-0.2, 0) is 14.3 Å². The van der Waals surface area contributed by atoms with Gasteiger partial charge in [-0.05, 0) is 0 Å². The van der Waals surface area contributed by atoms with Crippen LogP contribution in [0.4, 0.5) is 0 Å². The van der Waals surface area contributed by atoms with Crippen LogP contribution in [0, 0.1) is 5.92 Å². The van der Waals surface area contributed by atoms with Crippen molar-refractivity contribution in [2.24, 2.45) is 11.1 Å². The van der Waals surface area contributed by atoms with Crippen molar-refractivity contribution in [2.45, 2.75) is 6.10 Å². The molecule has 0 aromatic carbocycles. The number of hydrogen-bond acceptors (Lipinski definition) is 4. The second-order valence-corrected chi connectivity index (χ2v) is 2.77. The number of nitrogens with zero attached hydrogens (tertiary/aromatic N) is 1. The highest BCUT2D eigenvalue weighted by molar-refractivity contribution is 5.89. The van der Waals surface area contributed by atoms with E-state index in [1.165, 1.54) is 0 Å². The normalized spacial score (nSPS) is 35.9. The molecular formula is C7H11NO3. The van der Waals surface area contributed by atoms with Crippen LogP contribution in [-0.4, -0.2) is 38.7 Å². The van der Waals surface area contributed by atoms with Crippen LogP contribution in [0.15, 0.2) is 5.16 Å². The third-order valence-electron chi connectivity index (χ3n) is 2.15. The highest BCUT2D eigenvalue weighted by Gasteiger charge is 2.35. The first-order valence-electron chi connectivity index (χ1n) is 3.71. The SMILES string of the molecule is CO[C@H]1COCC2=NOC[C@@H]21. The average Bonchev–Trinajstić information content (AvgIpc) is 2.50. The largest absolute Gasteiger partial charge is 0.395 e. The third-order valence-corrected chi connectivity index (χ3v) is 2.15. The molecule has 0 saturated carbocycles. The van der Waals surface area contributed by atoms with Gasteiger partial charge in [-0.15, -0.1) is 0 Å². The Kier molecular flexibility index (Phi) is 1.79. The molecule has 0 bridgehead atoms. The second kappa shape index (κ2) is 2.79. The summed E-state index contributed by atoms with van der Waals surface area (Å²) >= 11 is 0. The first-order chi connectivity index (χ1) is 5.42. The van der Waals surface area contributed by atoms with Gasteiger partial charge in [0.1, 0.15) is 6.61 Å². The third kappa shape index (κ3) is 1.12. The van der Waals surface area contributed by atoms with Gasteiger partial charge >= 0.3 is 0 Å². The molecule has 2 rings (SSSR count). The predicted molar refractivity (Wildman–Crippen MR) is 38.5 cm³/mol. The molecule has 0 aromatic rings. The van der Waals surface area contributed by atoms with Crippen molar-refractivity contribution in [1.82, 2.24) is 0 Å². The Morgan fingerprint density at radius 3 is 3.27 bits per heavy atom. The smallest absolute Gasteiger partial charge is 0.128 e. The number of oxime groups is 1. The van der Waals surface area contributed by atoms with Crippen LogP contribution in [0.5, 0.6) is 0 Å². The van der Waals surface area contributed by atoms with Crippen LogP contribution < -0.4 is 0 Å². The van der Waals surface area contributed by atoms with Crippen molar-refractivity contribution in [3.05, 3.63) is 0 Å². The van der Waals surface area contributed by atoms with Gasteiger partial charge in [-0.1, -0.05) is 5.16 Å². The summed E-state index contributed by atoms with van der Waals surface area (Å²) in [4.78, 5) is 4.95. The van der Waals surface area contributed by atoms with Crippen LogP contribution in [0.25, 0.3) is 0 Å². The number of methoxy groups -OCH3 is 1. The van der Waals surface area contributed by atoms with Crippen molar-refractivity contribution in [3.63, 3.8) is 0 Å². The Morgan fingerprint density at radius 1 is 1.55 bits per heavy atom. The molecular weight excluding hydrogens is 146 g/mol. The van der Waals surface area contributed by atoms with Crippen molar-refractivity contribution in [3.8, 4) is 0 Å². The van der Waals surface area contributed by atoms with Gasteiger partial charge in [0.05, 0.1) is 30.9 Å². The Balaban J connectivity index is 2.09. The molecule has 0 radical (unpaired) electrons. The van der Waals surface area contributed by atoms with Crippen LogP contribution in [0.1, 0.15) is 0 Å². The molecule has 2 heterocycles. The quantitative estimate of drug-likeness (QED) is 0.539. The predicted octanol–water partition coefficient (Wildman–Crippen LogP) is 0.0340. The fourth-order valence-electron chi connectivity index (χ4n) is 1.45. The molecule has 0 unspecified atom stereocenters. The van der Waals surface area contributed by atoms with Crippen LogP contribution >= 0.6 is 0 Å². The standard InChI is InChI=1S/C7H11NO3/c1-9-7-4-10-3-6-5(7)2-11-8-6/h5,7H,2-4H2,1H3/t5-,7-/m0/s1. The van der Waals surface area contributed by atoms with Gasteiger partial charge < -0.3 is 14.3 Å². The maximum absolute atomic E-state index is 5.25. The van der Waals surface area contributed by atoms with Crippen molar-refractivity contribution < 1.29 is 14.3 Å². The van der Waals surface area contributed by atoms with E-state index in [4.69, 9.17) is 14.3 Å². The van der Waals surface area contributed by atoms with Gasteiger partial charge in [0.25, 0.3) is 0 Å². The first kappa shape index (κ1) is 7.06. The Bertz CT molecular complexity index is 181. The average molecular weight is 157 g/mol. The second-order valence-electron chi connectivity index (χ2n) is 2.77. The van der Waals surface area contributed by atoms with E-state index in [0.29, 0.717) is 25.7 Å². The Morgan fingerprint density at radius 2 is 2.45 bits per heavy atom. The summed E-state index contributed by atoms with van der Waals surface area (Å²) in [5.41, 5.74) is 0.989. The molecule has 2 aliphatic rings. The molecule has 1 fully saturated rings. The van der Waals surface area contributed by atoms with Crippen molar-refractivity contribution >= 4 is 5.71 Å². The molecule has 0 spiro atoms. The summed E-state index contributed by atoms with van der Waals surface area (Å²) in [5.74, 6) is 0.328. The van der Waals surface area contributed by atoms with E-state index in [2.05, 4.69) is 5.16 Å². The fraction of sp³-hybridized carbons (Fsp3) is 0.857. The van der Waals surface area contributed by atoms with E-state index in [9.17, 15) is 0 Å². The van der Waals surface area contributed by atoms with E-state index in [1.807, 2.05) is 0 Å². The zero-order chi connectivity index (χ0) is 7.68. The van der Waals surface area contributed by atoms with Gasteiger partial charge in [-0.2, -0.15) is 0 Å². The molecule has 0 amide bonds. The molecule has 0 N–H and O–H groups in total. The molecule has 2 atom stereocenters. The summed E-state index contributed by atoms with van der Waals surface area (Å²) in [6, 6.07) is 0. The Labute approximate surface area is 65.1 Å². The number of rotatable bonds is 1. The first-order valence-corrected chi connectivity index (χ1v) is 3.71. The summed E-state index contributed by atoms with van der Waals surface area (Å²) in [7, 11) is 1.69. The lowest BCUT2D eigenvalue weighted by Gasteiger charge is -2.26. The lowest BCUT2D eigenvalue weighted by atomic mass is 9.97. The van der Waals surface area contributed by atoms with E-state index in [-0.39, 0.29) is 6.10 Å². The zero-order valence-electron chi connectivity index (χ0n) is 6.45. The minimum absolute atomic E-state index is 0.130. The summed E-state index contributed by atoms with van der Waals surface area (Å²) in [5, 5.41) is 3.87. The van der Waals surface area contributed by atoms with Gasteiger partial charge in [-0.3, -0.25) is 0 Å². The van der Waals surface area contributed by atoms with Crippen LogP contribution in [0.3, 0.4) is 0 Å². The molecule has 0 aromatic heterocycles. The van der Waals surface area contributed by atoms with Crippen LogP contribution in [0.2, 0.25) is 0 Å². The molecule has 11 heavy (non-hydrogen) atoms. The molecule has 1 saturated heterocycles. The fourth-order valence-corrected chi connectivity index (χ4v) is 1.45. The van der Waals surface area contributed by atoms with Gasteiger partial charge in [-0.25, -0.2) is 0 Å². The van der Waals surface area contributed by atoms with Gasteiger partial charge in [0.2, 0.25) is 0 Å². The van der Waals surface area contributed by atoms with Gasteiger partial charge in [0.15, 0.2) is 0 Å². The zero-order valence-corrected chi connectivity index (χ0v) is 6.45.